The number of nitrogens with zero attached hydrogens (tertiary/aromatic N) is 5. The van der Waals surface area contributed by atoms with E-state index in [0.29, 0.717) is 18.3 Å². The van der Waals surface area contributed by atoms with Crippen LogP contribution in [0, 0.1) is 0 Å². The lowest BCUT2D eigenvalue weighted by Crippen LogP contribution is -2.25. The third kappa shape index (κ3) is 3.36. The maximum atomic E-state index is 6.21. The van der Waals surface area contributed by atoms with Crippen LogP contribution in [0.25, 0.3) is 5.69 Å². The van der Waals surface area contributed by atoms with Gasteiger partial charge in [-0.3, -0.25) is 9.55 Å². The summed E-state index contributed by atoms with van der Waals surface area (Å²) in [5.74, 6) is 2.96. The maximum Gasteiger partial charge on any atom is 0.232 e. The molecule has 3 heterocycles. The molecule has 2 aromatic heterocycles. The molecule has 0 atom stereocenters. The van der Waals surface area contributed by atoms with Crippen molar-refractivity contribution in [1.29, 1.82) is 0 Å². The molecular formula is C20H21ClN6O. The molecule has 0 spiro atoms. The van der Waals surface area contributed by atoms with Gasteiger partial charge < -0.3 is 10.1 Å². The average molecular weight is 397 g/mol. The van der Waals surface area contributed by atoms with E-state index in [-0.39, 0.29) is 6.10 Å². The van der Waals surface area contributed by atoms with Crippen LogP contribution in [0.1, 0.15) is 48.8 Å². The van der Waals surface area contributed by atoms with Gasteiger partial charge in [-0.15, -0.1) is 10.2 Å². The van der Waals surface area contributed by atoms with Crippen LogP contribution in [0.3, 0.4) is 0 Å². The van der Waals surface area contributed by atoms with Gasteiger partial charge in [-0.05, 0) is 49.4 Å². The van der Waals surface area contributed by atoms with Crippen LogP contribution < -0.4 is 10.1 Å². The van der Waals surface area contributed by atoms with Gasteiger partial charge >= 0.3 is 0 Å². The average Bonchev–Trinajstić information content (AvgIpc) is 3.05. The van der Waals surface area contributed by atoms with E-state index in [2.05, 4.69) is 36.1 Å². The predicted molar refractivity (Wildman–Crippen MR) is 105 cm³/mol. The molecular weight excluding hydrogens is 376 g/mol. The minimum atomic E-state index is 0.173. The highest BCUT2D eigenvalue weighted by molar-refractivity contribution is 6.30. The third-order valence-electron chi connectivity index (χ3n) is 5.50. The molecule has 1 fully saturated rings. The number of hydrogen-bond acceptors (Lipinski definition) is 6. The van der Waals surface area contributed by atoms with Crippen molar-refractivity contribution in [3.63, 3.8) is 0 Å². The summed E-state index contributed by atoms with van der Waals surface area (Å²) in [7, 11) is 0. The van der Waals surface area contributed by atoms with E-state index in [1.54, 1.807) is 18.6 Å². The second-order valence-corrected chi connectivity index (χ2v) is 7.76. The minimum Gasteiger partial charge on any atom is -0.473 e. The minimum absolute atomic E-state index is 0.173. The lowest BCUT2D eigenvalue weighted by atomic mass is 9.86. The van der Waals surface area contributed by atoms with E-state index in [1.807, 2.05) is 12.1 Å². The van der Waals surface area contributed by atoms with Crippen LogP contribution in [0.4, 0.5) is 0 Å². The van der Waals surface area contributed by atoms with E-state index >= 15 is 0 Å². The normalized spacial score (nSPS) is 21.5. The van der Waals surface area contributed by atoms with Gasteiger partial charge in [-0.25, -0.2) is 4.98 Å². The highest BCUT2D eigenvalue weighted by Crippen LogP contribution is 2.36. The zero-order chi connectivity index (χ0) is 18.9. The van der Waals surface area contributed by atoms with E-state index in [4.69, 9.17) is 16.3 Å². The Bertz CT molecular complexity index is 968. The Labute approximate surface area is 168 Å². The monoisotopic (exact) mass is 396 g/mol. The Hall–Kier alpha value is -2.51. The van der Waals surface area contributed by atoms with Crippen molar-refractivity contribution in [3.05, 3.63) is 59.0 Å². The molecule has 1 N–H and O–H groups in total. The Balaban J connectivity index is 1.37. The molecule has 0 saturated heterocycles. The Morgan fingerprint density at radius 1 is 1.07 bits per heavy atom. The molecule has 144 valence electrons. The highest BCUT2D eigenvalue weighted by Gasteiger charge is 2.30. The number of ether oxygens (including phenoxy) is 1. The number of halogens is 1. The van der Waals surface area contributed by atoms with E-state index in [9.17, 15) is 0 Å². The molecule has 0 radical (unpaired) electrons. The number of benzene rings is 1. The molecule has 0 bridgehead atoms. The molecule has 5 rings (SSSR count). The Morgan fingerprint density at radius 2 is 1.96 bits per heavy atom. The summed E-state index contributed by atoms with van der Waals surface area (Å²) >= 11 is 6.21. The summed E-state index contributed by atoms with van der Waals surface area (Å²) in [6.07, 6.45) is 9.11. The fourth-order valence-electron chi connectivity index (χ4n) is 4.15. The topological polar surface area (TPSA) is 77.8 Å². The number of rotatable bonds is 3. The standard InChI is InChI=1S/C20H21ClN6O/c21-15-3-6-17-14(9-15)10-23-11-18-25-26-20(27(17)18)13-1-4-16(5-2-13)28-19-12-22-7-8-24-19/h3,6-9,12-13,16,23H,1-2,4-5,10-11H2. The van der Waals surface area contributed by atoms with E-state index in [1.165, 1.54) is 5.56 Å². The lowest BCUT2D eigenvalue weighted by molar-refractivity contribution is 0.138. The fourth-order valence-corrected chi connectivity index (χ4v) is 4.35. The third-order valence-corrected chi connectivity index (χ3v) is 5.74. The van der Waals surface area contributed by atoms with E-state index in [0.717, 1.165) is 54.6 Å². The SMILES string of the molecule is Clc1ccc2c(c1)CNCc1nnc(C3CCC(Oc4cnccn4)CC3)n1-2. The largest absolute Gasteiger partial charge is 0.473 e. The number of fused-ring (bicyclic) bond motifs is 3. The molecule has 1 aromatic carbocycles. The summed E-state index contributed by atoms with van der Waals surface area (Å²) in [6, 6.07) is 6.03. The first-order valence-corrected chi connectivity index (χ1v) is 10.0. The smallest absolute Gasteiger partial charge is 0.232 e. The van der Waals surface area contributed by atoms with Crippen LogP contribution in [-0.4, -0.2) is 30.8 Å². The summed E-state index contributed by atoms with van der Waals surface area (Å²) in [6.45, 7) is 1.47. The number of hydrogen-bond donors (Lipinski definition) is 1. The first kappa shape index (κ1) is 17.6. The zero-order valence-corrected chi connectivity index (χ0v) is 16.1. The van der Waals surface area contributed by atoms with Crippen molar-refractivity contribution < 1.29 is 4.74 Å². The van der Waals surface area contributed by atoms with E-state index < -0.39 is 0 Å². The Morgan fingerprint density at radius 3 is 2.79 bits per heavy atom. The van der Waals surface area contributed by atoms with Gasteiger partial charge in [0.2, 0.25) is 5.88 Å². The first-order chi connectivity index (χ1) is 13.8. The highest BCUT2D eigenvalue weighted by atomic mass is 35.5. The summed E-state index contributed by atoms with van der Waals surface area (Å²) in [4.78, 5) is 8.28. The molecule has 1 saturated carbocycles. The molecule has 2 aliphatic rings. The molecule has 3 aromatic rings. The maximum absolute atomic E-state index is 6.21. The summed E-state index contributed by atoms with van der Waals surface area (Å²) in [5, 5.41) is 13.2. The summed E-state index contributed by atoms with van der Waals surface area (Å²) < 4.78 is 8.20. The molecule has 28 heavy (non-hydrogen) atoms. The molecule has 8 heteroatoms. The molecule has 1 aliphatic carbocycles. The van der Waals surface area contributed by atoms with Crippen LogP contribution in [0.15, 0.2) is 36.8 Å². The number of aromatic nitrogens is 5. The van der Waals surface area contributed by atoms with Crippen molar-refractivity contribution >= 4 is 11.6 Å². The Kier molecular flexibility index (Phi) is 4.70. The predicted octanol–water partition coefficient (Wildman–Crippen LogP) is 3.42. The molecule has 7 nitrogen and oxygen atoms in total. The van der Waals surface area contributed by atoms with Gasteiger partial charge in [0.1, 0.15) is 11.9 Å². The van der Waals surface area contributed by atoms with Crippen molar-refractivity contribution in [1.82, 2.24) is 30.0 Å². The number of nitrogens with one attached hydrogen (secondary N) is 1. The molecule has 0 amide bonds. The van der Waals surface area contributed by atoms with Gasteiger partial charge in [-0.1, -0.05) is 11.6 Å². The van der Waals surface area contributed by atoms with Crippen LogP contribution in [0.2, 0.25) is 5.02 Å². The lowest BCUT2D eigenvalue weighted by Gasteiger charge is -2.28. The second-order valence-electron chi connectivity index (χ2n) is 7.32. The van der Waals surface area contributed by atoms with Gasteiger partial charge in [0, 0.05) is 29.9 Å². The quantitative estimate of drug-likeness (QED) is 0.730. The van der Waals surface area contributed by atoms with Crippen molar-refractivity contribution in [3.8, 4) is 11.6 Å². The first-order valence-electron chi connectivity index (χ1n) is 9.64. The van der Waals surface area contributed by atoms with Gasteiger partial charge in [0.25, 0.3) is 0 Å². The van der Waals surface area contributed by atoms with Crippen molar-refractivity contribution in [2.75, 3.05) is 0 Å². The van der Waals surface area contributed by atoms with Crippen LogP contribution in [0.5, 0.6) is 5.88 Å². The molecule has 0 unspecified atom stereocenters. The second kappa shape index (κ2) is 7.48. The van der Waals surface area contributed by atoms with Crippen molar-refractivity contribution in [2.45, 2.75) is 50.8 Å². The van der Waals surface area contributed by atoms with Crippen LogP contribution >= 0.6 is 11.6 Å². The van der Waals surface area contributed by atoms with Crippen molar-refractivity contribution in [2.24, 2.45) is 0 Å². The van der Waals surface area contributed by atoms with Crippen LogP contribution in [-0.2, 0) is 13.1 Å². The zero-order valence-electron chi connectivity index (χ0n) is 15.4. The fraction of sp³-hybridized carbons (Fsp3) is 0.400. The summed E-state index contributed by atoms with van der Waals surface area (Å²) in [5.41, 5.74) is 2.30. The van der Waals surface area contributed by atoms with Gasteiger partial charge in [0.15, 0.2) is 5.82 Å². The van der Waals surface area contributed by atoms with Gasteiger partial charge in [-0.2, -0.15) is 0 Å². The molecule has 1 aliphatic heterocycles. The van der Waals surface area contributed by atoms with Gasteiger partial charge in [0.05, 0.1) is 18.4 Å².